The molecular weight excluding hydrogens is 429 g/mol. The summed E-state index contributed by atoms with van der Waals surface area (Å²) in [5.41, 5.74) is -1.31. The van der Waals surface area contributed by atoms with Crippen LogP contribution in [0.1, 0.15) is 18.4 Å². The van der Waals surface area contributed by atoms with E-state index in [1.165, 1.54) is 0 Å². The summed E-state index contributed by atoms with van der Waals surface area (Å²) in [7, 11) is 0. The Balaban J connectivity index is 1.52. The molecule has 1 heterocycles. The average Bonchev–Trinajstić information content (AvgIpc) is 2.92. The fourth-order valence-electron chi connectivity index (χ4n) is 3.36. The smallest absolute Gasteiger partial charge is 0.417 e. The summed E-state index contributed by atoms with van der Waals surface area (Å²) in [5, 5.41) is 1.63. The zero-order chi connectivity index (χ0) is 22.1. The summed E-state index contributed by atoms with van der Waals surface area (Å²) in [6.07, 6.45) is -0.251. The van der Waals surface area contributed by atoms with Gasteiger partial charge in [-0.15, -0.1) is 0 Å². The second-order valence-electron chi connectivity index (χ2n) is 6.82. The number of hydrogen-bond donors (Lipinski definition) is 1. The lowest BCUT2D eigenvalue weighted by molar-refractivity contribution is -0.154. The minimum Gasteiger partial charge on any atom is -0.454 e. The standard InChI is InChI=1S/C19H16ClF3N2O5/c20-14-6-5-10(7-13(14)19(21,22)23)24-15(26)9-30-16(27)8-25-17(28)11-3-1-2-4-12(11)18(25)29/h1-2,5-7,11-12H,3-4,8-9H2,(H,24,26). The average molecular weight is 445 g/mol. The predicted octanol–water partition coefficient (Wildman–Crippen LogP) is 2.79. The van der Waals surface area contributed by atoms with Crippen molar-refractivity contribution in [2.45, 2.75) is 19.0 Å². The molecule has 0 saturated carbocycles. The molecule has 1 saturated heterocycles. The number of imide groups is 1. The molecule has 3 amide bonds. The van der Waals surface area contributed by atoms with E-state index >= 15 is 0 Å². The number of nitrogens with zero attached hydrogens (tertiary/aromatic N) is 1. The number of nitrogens with one attached hydrogen (secondary N) is 1. The summed E-state index contributed by atoms with van der Waals surface area (Å²) in [5.74, 6) is -3.79. The number of carbonyl (C=O) groups is 4. The first-order valence-electron chi connectivity index (χ1n) is 8.90. The summed E-state index contributed by atoms with van der Waals surface area (Å²) in [6.45, 7) is -1.43. The fourth-order valence-corrected chi connectivity index (χ4v) is 3.59. The topological polar surface area (TPSA) is 92.8 Å². The van der Waals surface area contributed by atoms with E-state index in [2.05, 4.69) is 5.32 Å². The number of halogens is 4. The molecule has 0 bridgehead atoms. The molecule has 1 fully saturated rings. The van der Waals surface area contributed by atoms with Crippen molar-refractivity contribution in [3.63, 3.8) is 0 Å². The maximum Gasteiger partial charge on any atom is 0.417 e. The van der Waals surface area contributed by atoms with Gasteiger partial charge in [-0.2, -0.15) is 13.2 Å². The first-order valence-corrected chi connectivity index (χ1v) is 9.28. The molecule has 1 N–H and O–H groups in total. The Labute approximate surface area is 173 Å². The van der Waals surface area contributed by atoms with Crippen LogP contribution in [0.3, 0.4) is 0 Å². The number of rotatable bonds is 5. The molecule has 1 aromatic rings. The van der Waals surface area contributed by atoms with Gasteiger partial charge in [0.25, 0.3) is 5.91 Å². The Morgan fingerprint density at radius 3 is 2.30 bits per heavy atom. The molecule has 1 aromatic carbocycles. The van der Waals surface area contributed by atoms with E-state index < -0.39 is 65.4 Å². The van der Waals surface area contributed by atoms with Crippen LogP contribution >= 0.6 is 11.6 Å². The van der Waals surface area contributed by atoms with Crippen molar-refractivity contribution in [1.82, 2.24) is 4.90 Å². The van der Waals surface area contributed by atoms with Crippen molar-refractivity contribution in [3.8, 4) is 0 Å². The van der Waals surface area contributed by atoms with Gasteiger partial charge in [0.1, 0.15) is 6.54 Å². The summed E-state index contributed by atoms with van der Waals surface area (Å²) in [4.78, 5) is 49.2. The summed E-state index contributed by atoms with van der Waals surface area (Å²) in [6, 6.07) is 2.79. The zero-order valence-corrected chi connectivity index (χ0v) is 16.1. The summed E-state index contributed by atoms with van der Waals surface area (Å²) >= 11 is 5.50. The van der Waals surface area contributed by atoms with Crippen LogP contribution in [0.15, 0.2) is 30.4 Å². The van der Waals surface area contributed by atoms with Crippen LogP contribution in [0.2, 0.25) is 5.02 Å². The second kappa shape index (κ2) is 8.47. The third-order valence-corrected chi connectivity index (χ3v) is 5.14. The van der Waals surface area contributed by atoms with Crippen molar-refractivity contribution in [3.05, 3.63) is 40.9 Å². The van der Waals surface area contributed by atoms with Crippen molar-refractivity contribution in [2.75, 3.05) is 18.5 Å². The highest BCUT2D eigenvalue weighted by atomic mass is 35.5. The van der Waals surface area contributed by atoms with Gasteiger partial charge in [0.05, 0.1) is 22.4 Å². The van der Waals surface area contributed by atoms with Crippen molar-refractivity contribution >= 4 is 41.0 Å². The zero-order valence-electron chi connectivity index (χ0n) is 15.4. The van der Waals surface area contributed by atoms with Crippen LogP contribution in [-0.2, 0) is 30.1 Å². The van der Waals surface area contributed by atoms with E-state index in [4.69, 9.17) is 16.3 Å². The Hall–Kier alpha value is -2.88. The highest BCUT2D eigenvalue weighted by Crippen LogP contribution is 2.36. The van der Waals surface area contributed by atoms with Gasteiger partial charge in [0.15, 0.2) is 6.61 Å². The molecule has 7 nitrogen and oxygen atoms in total. The lowest BCUT2D eigenvalue weighted by Gasteiger charge is -2.14. The number of hydrogen-bond acceptors (Lipinski definition) is 5. The number of ether oxygens (including phenoxy) is 1. The lowest BCUT2D eigenvalue weighted by Crippen LogP contribution is -2.37. The number of anilines is 1. The van der Waals surface area contributed by atoms with Crippen LogP contribution < -0.4 is 5.32 Å². The lowest BCUT2D eigenvalue weighted by atomic mass is 9.85. The second-order valence-corrected chi connectivity index (χ2v) is 7.23. The van der Waals surface area contributed by atoms with Gasteiger partial charge in [0.2, 0.25) is 11.8 Å². The minimum absolute atomic E-state index is 0.186. The Kier molecular flexibility index (Phi) is 6.16. The minimum atomic E-state index is -4.70. The normalized spacial score (nSPS) is 20.9. The number of carbonyl (C=O) groups excluding carboxylic acids is 4. The van der Waals surface area contributed by atoms with Gasteiger partial charge in [-0.25, -0.2) is 0 Å². The molecule has 160 valence electrons. The Bertz CT molecular complexity index is 905. The number of fused-ring (bicyclic) bond motifs is 1. The first-order chi connectivity index (χ1) is 14.1. The van der Waals surface area contributed by atoms with Gasteiger partial charge in [-0.1, -0.05) is 23.8 Å². The molecule has 2 aliphatic rings. The maximum absolute atomic E-state index is 12.9. The Morgan fingerprint density at radius 2 is 1.73 bits per heavy atom. The van der Waals surface area contributed by atoms with Crippen molar-refractivity contribution < 1.29 is 37.1 Å². The van der Waals surface area contributed by atoms with Crippen LogP contribution in [0, 0.1) is 11.8 Å². The third kappa shape index (κ3) is 4.64. The van der Waals surface area contributed by atoms with E-state index in [-0.39, 0.29) is 5.69 Å². The van der Waals surface area contributed by atoms with Gasteiger partial charge >= 0.3 is 12.1 Å². The third-order valence-electron chi connectivity index (χ3n) is 4.81. The summed E-state index contributed by atoms with van der Waals surface area (Å²) < 4.78 is 43.3. The quantitative estimate of drug-likeness (QED) is 0.428. The highest BCUT2D eigenvalue weighted by Gasteiger charge is 2.47. The fraction of sp³-hybridized carbons (Fsp3) is 0.368. The van der Waals surface area contributed by atoms with Crippen molar-refractivity contribution in [1.29, 1.82) is 0 Å². The van der Waals surface area contributed by atoms with Crippen LogP contribution in [0.25, 0.3) is 0 Å². The maximum atomic E-state index is 12.9. The number of likely N-dealkylation sites (tertiary alicyclic amines) is 1. The SMILES string of the molecule is O=C(COC(=O)CN1C(=O)C2CC=CCC2C1=O)Nc1ccc(Cl)c(C(F)(F)F)c1. The van der Waals surface area contributed by atoms with Gasteiger partial charge in [-0.05, 0) is 31.0 Å². The van der Waals surface area contributed by atoms with E-state index in [1.54, 1.807) is 12.2 Å². The molecule has 2 unspecified atom stereocenters. The first kappa shape index (κ1) is 21.8. The van der Waals surface area contributed by atoms with Gasteiger partial charge < -0.3 is 10.1 Å². The number of esters is 1. The molecule has 0 radical (unpaired) electrons. The molecule has 0 spiro atoms. The molecular formula is C19H16ClF3N2O5. The van der Waals surface area contributed by atoms with Crippen LogP contribution in [0.4, 0.5) is 18.9 Å². The molecule has 1 aliphatic heterocycles. The van der Waals surface area contributed by atoms with Gasteiger partial charge in [-0.3, -0.25) is 24.1 Å². The number of allylic oxidation sites excluding steroid dienone is 2. The Morgan fingerprint density at radius 1 is 1.13 bits per heavy atom. The molecule has 2 atom stereocenters. The van der Waals surface area contributed by atoms with Gasteiger partial charge in [0, 0.05) is 5.69 Å². The van der Waals surface area contributed by atoms with Crippen molar-refractivity contribution in [2.24, 2.45) is 11.8 Å². The molecule has 1 aliphatic carbocycles. The largest absolute Gasteiger partial charge is 0.454 e. The monoisotopic (exact) mass is 444 g/mol. The number of amides is 3. The van der Waals surface area contributed by atoms with E-state index in [1.807, 2.05) is 0 Å². The predicted molar refractivity (Wildman–Crippen MR) is 98.1 cm³/mol. The van der Waals surface area contributed by atoms with E-state index in [9.17, 15) is 32.3 Å². The van der Waals surface area contributed by atoms with Crippen LogP contribution in [-0.4, -0.2) is 41.7 Å². The van der Waals surface area contributed by atoms with E-state index in [0.29, 0.717) is 18.9 Å². The molecule has 3 rings (SSSR count). The number of alkyl halides is 3. The molecule has 11 heteroatoms. The van der Waals surface area contributed by atoms with E-state index in [0.717, 1.165) is 17.0 Å². The molecule has 0 aromatic heterocycles. The molecule has 30 heavy (non-hydrogen) atoms. The number of benzene rings is 1. The van der Waals surface area contributed by atoms with Crippen LogP contribution in [0.5, 0.6) is 0 Å². The highest BCUT2D eigenvalue weighted by molar-refractivity contribution is 6.31.